The maximum atomic E-state index is 12.9. The van der Waals surface area contributed by atoms with Crippen LogP contribution >= 0.6 is 23.4 Å². The van der Waals surface area contributed by atoms with Crippen LogP contribution in [0, 0.1) is 25.2 Å². The van der Waals surface area contributed by atoms with Crippen molar-refractivity contribution in [3.05, 3.63) is 76.3 Å². The molecule has 1 unspecified atom stereocenters. The molecule has 1 aromatic heterocycles. The summed E-state index contributed by atoms with van der Waals surface area (Å²) >= 11 is 7.29. The van der Waals surface area contributed by atoms with E-state index in [0.29, 0.717) is 22.0 Å². The molecule has 3 aromatic rings. The monoisotopic (exact) mass is 435 g/mol. The van der Waals surface area contributed by atoms with Crippen molar-refractivity contribution < 1.29 is 4.79 Å². The summed E-state index contributed by atoms with van der Waals surface area (Å²) < 4.78 is 0. The van der Waals surface area contributed by atoms with Crippen molar-refractivity contribution in [2.24, 2.45) is 0 Å². The number of hydrogen-bond donors (Lipinski definition) is 1. The van der Waals surface area contributed by atoms with Crippen LogP contribution in [-0.2, 0) is 4.79 Å². The summed E-state index contributed by atoms with van der Waals surface area (Å²) in [5.74, 6) is -0.0983. The summed E-state index contributed by atoms with van der Waals surface area (Å²) in [4.78, 5) is 17.6. The van der Waals surface area contributed by atoms with E-state index in [1.54, 1.807) is 18.2 Å². The fourth-order valence-corrected chi connectivity index (χ4v) is 4.06. The van der Waals surface area contributed by atoms with E-state index in [1.807, 2.05) is 57.2 Å². The van der Waals surface area contributed by atoms with Crippen molar-refractivity contribution in [3.8, 4) is 17.3 Å². The van der Waals surface area contributed by atoms with Crippen molar-refractivity contribution in [1.29, 1.82) is 5.26 Å². The Balaban J connectivity index is 1.85. The van der Waals surface area contributed by atoms with E-state index < -0.39 is 0 Å². The van der Waals surface area contributed by atoms with E-state index in [2.05, 4.69) is 16.4 Å². The maximum Gasteiger partial charge on any atom is 0.237 e. The molecule has 3 rings (SSSR count). The average molecular weight is 436 g/mol. The van der Waals surface area contributed by atoms with Crippen molar-refractivity contribution in [1.82, 2.24) is 4.98 Å². The third kappa shape index (κ3) is 5.21. The third-order valence-electron chi connectivity index (χ3n) is 4.69. The number of nitrogens with zero attached hydrogens (tertiary/aromatic N) is 2. The molecule has 0 radical (unpaired) electrons. The normalized spacial score (nSPS) is 11.6. The van der Waals surface area contributed by atoms with Gasteiger partial charge in [-0.25, -0.2) is 4.98 Å². The number of nitrogens with one attached hydrogen (secondary N) is 1. The second kappa shape index (κ2) is 9.80. The highest BCUT2D eigenvalue weighted by Gasteiger charge is 2.21. The summed E-state index contributed by atoms with van der Waals surface area (Å²) in [7, 11) is 0. The first kappa shape index (κ1) is 21.9. The summed E-state index contributed by atoms with van der Waals surface area (Å²) in [6, 6.07) is 19.1. The van der Waals surface area contributed by atoms with Gasteiger partial charge >= 0.3 is 0 Å². The fraction of sp³-hybridized carbons (Fsp3) is 0.208. The molecule has 2 aromatic carbocycles. The van der Waals surface area contributed by atoms with Crippen LogP contribution in [0.1, 0.15) is 30.0 Å². The van der Waals surface area contributed by atoms with Crippen molar-refractivity contribution >= 4 is 35.0 Å². The topological polar surface area (TPSA) is 65.8 Å². The smallest absolute Gasteiger partial charge is 0.237 e. The highest BCUT2D eigenvalue weighted by molar-refractivity contribution is 8.00. The SMILES string of the molecule is CCC(Sc1nc(-c2ccc(Cl)cc2)ccc1C#N)C(=O)Nc1cc(C)ccc1C. The van der Waals surface area contributed by atoms with Gasteiger partial charge < -0.3 is 5.32 Å². The number of benzene rings is 2. The van der Waals surface area contributed by atoms with Gasteiger partial charge in [-0.05, 0) is 61.7 Å². The number of nitriles is 1. The first-order chi connectivity index (χ1) is 14.4. The molecular formula is C24H22ClN3OS. The summed E-state index contributed by atoms with van der Waals surface area (Å²) in [5, 5.41) is 13.4. The zero-order chi connectivity index (χ0) is 21.7. The number of pyridine rings is 1. The molecule has 152 valence electrons. The molecule has 0 saturated carbocycles. The molecule has 0 aliphatic heterocycles. The maximum absolute atomic E-state index is 12.9. The van der Waals surface area contributed by atoms with Crippen LogP contribution in [0.25, 0.3) is 11.3 Å². The highest BCUT2D eigenvalue weighted by Crippen LogP contribution is 2.31. The van der Waals surface area contributed by atoms with Crippen LogP contribution in [-0.4, -0.2) is 16.1 Å². The van der Waals surface area contributed by atoms with E-state index in [-0.39, 0.29) is 11.2 Å². The standard InChI is InChI=1S/C24H22ClN3OS/c1-4-22(23(29)27-21-13-15(2)5-6-16(21)3)30-24-18(14-26)9-12-20(28-24)17-7-10-19(25)11-8-17/h5-13,22H,4H2,1-3H3,(H,27,29). The zero-order valence-electron chi connectivity index (χ0n) is 17.1. The lowest BCUT2D eigenvalue weighted by Gasteiger charge is -2.17. The van der Waals surface area contributed by atoms with Gasteiger partial charge in [0.25, 0.3) is 0 Å². The second-order valence-corrected chi connectivity index (χ2v) is 8.62. The Morgan fingerprint density at radius 3 is 2.57 bits per heavy atom. The lowest BCUT2D eigenvalue weighted by Crippen LogP contribution is -2.25. The molecular weight excluding hydrogens is 414 g/mol. The molecule has 0 bridgehead atoms. The highest BCUT2D eigenvalue weighted by atomic mass is 35.5. The van der Waals surface area contributed by atoms with E-state index in [9.17, 15) is 10.1 Å². The van der Waals surface area contributed by atoms with Gasteiger partial charge in [-0.15, -0.1) is 0 Å². The lowest BCUT2D eigenvalue weighted by atomic mass is 10.1. The Labute approximate surface area is 186 Å². The van der Waals surface area contributed by atoms with Crippen LogP contribution < -0.4 is 5.32 Å². The zero-order valence-corrected chi connectivity index (χ0v) is 18.6. The third-order valence-corrected chi connectivity index (χ3v) is 6.31. The minimum atomic E-state index is -0.370. The van der Waals surface area contributed by atoms with Gasteiger partial charge in [0.2, 0.25) is 5.91 Å². The van der Waals surface area contributed by atoms with Gasteiger partial charge in [0.15, 0.2) is 0 Å². The van der Waals surface area contributed by atoms with Gasteiger partial charge in [-0.1, -0.05) is 54.6 Å². The van der Waals surface area contributed by atoms with Gasteiger partial charge in [0.1, 0.15) is 11.1 Å². The molecule has 1 N–H and O–H groups in total. The van der Waals surface area contributed by atoms with Gasteiger partial charge in [0, 0.05) is 16.3 Å². The predicted octanol–water partition coefficient (Wildman–Crippen LogP) is 6.40. The number of anilines is 1. The number of aryl methyl sites for hydroxylation is 2. The van der Waals surface area contributed by atoms with Gasteiger partial charge in [-0.2, -0.15) is 5.26 Å². The Morgan fingerprint density at radius 2 is 1.90 bits per heavy atom. The first-order valence-corrected chi connectivity index (χ1v) is 10.9. The number of amides is 1. The van der Waals surface area contributed by atoms with Crippen LogP contribution in [0.15, 0.2) is 59.6 Å². The Kier molecular flexibility index (Phi) is 7.15. The molecule has 30 heavy (non-hydrogen) atoms. The molecule has 0 aliphatic rings. The molecule has 6 heteroatoms. The fourth-order valence-electron chi connectivity index (χ4n) is 2.94. The number of carbonyl (C=O) groups is 1. The van der Waals surface area contributed by atoms with Gasteiger partial charge in [0.05, 0.1) is 16.5 Å². The summed E-state index contributed by atoms with van der Waals surface area (Å²) in [6.07, 6.45) is 0.610. The Hall–Kier alpha value is -2.81. The van der Waals surface area contributed by atoms with Crippen LogP contribution in [0.3, 0.4) is 0 Å². The van der Waals surface area contributed by atoms with Gasteiger partial charge in [-0.3, -0.25) is 4.79 Å². The number of halogens is 1. The number of hydrogen-bond acceptors (Lipinski definition) is 4. The minimum Gasteiger partial charge on any atom is -0.325 e. The van der Waals surface area contributed by atoms with E-state index >= 15 is 0 Å². The van der Waals surface area contributed by atoms with E-state index in [4.69, 9.17) is 11.6 Å². The number of aromatic nitrogens is 1. The Bertz CT molecular complexity index is 1110. The van der Waals surface area contributed by atoms with Crippen molar-refractivity contribution in [2.45, 2.75) is 37.5 Å². The van der Waals surface area contributed by atoms with Crippen LogP contribution in [0.2, 0.25) is 5.02 Å². The molecule has 1 amide bonds. The second-order valence-electron chi connectivity index (χ2n) is 6.99. The summed E-state index contributed by atoms with van der Waals surface area (Å²) in [5.41, 5.74) is 4.99. The molecule has 1 atom stereocenters. The molecule has 0 saturated heterocycles. The van der Waals surface area contributed by atoms with Crippen LogP contribution in [0.4, 0.5) is 5.69 Å². The molecule has 0 spiro atoms. The minimum absolute atomic E-state index is 0.0983. The number of rotatable bonds is 6. The Morgan fingerprint density at radius 1 is 1.17 bits per heavy atom. The molecule has 1 heterocycles. The lowest BCUT2D eigenvalue weighted by molar-refractivity contribution is -0.115. The summed E-state index contributed by atoms with van der Waals surface area (Å²) in [6.45, 7) is 5.91. The van der Waals surface area contributed by atoms with Crippen LogP contribution in [0.5, 0.6) is 0 Å². The number of carbonyl (C=O) groups excluding carboxylic acids is 1. The molecule has 0 aliphatic carbocycles. The van der Waals surface area contributed by atoms with Crippen molar-refractivity contribution in [3.63, 3.8) is 0 Å². The van der Waals surface area contributed by atoms with E-state index in [1.165, 1.54) is 11.8 Å². The quantitative estimate of drug-likeness (QED) is 0.455. The predicted molar refractivity (Wildman–Crippen MR) is 124 cm³/mol. The van der Waals surface area contributed by atoms with E-state index in [0.717, 1.165) is 28.1 Å². The van der Waals surface area contributed by atoms with Crippen molar-refractivity contribution in [2.75, 3.05) is 5.32 Å². The first-order valence-electron chi connectivity index (χ1n) is 9.63. The number of thioether (sulfide) groups is 1. The average Bonchev–Trinajstić information content (AvgIpc) is 2.75. The molecule has 0 fully saturated rings. The largest absolute Gasteiger partial charge is 0.325 e. The molecule has 4 nitrogen and oxygen atoms in total.